The highest BCUT2D eigenvalue weighted by atomic mass is 32.2. The Morgan fingerprint density at radius 1 is 0.419 bits per heavy atom. The number of benzene rings is 6. The van der Waals surface area contributed by atoms with Crippen LogP contribution in [0.2, 0.25) is 0 Å². The number of aromatic nitrogens is 2. The lowest BCUT2D eigenvalue weighted by Crippen LogP contribution is -1.96. The van der Waals surface area contributed by atoms with Crippen LogP contribution in [0.5, 0.6) is 0 Å². The van der Waals surface area contributed by atoms with Crippen LogP contribution >= 0.6 is 0 Å². The van der Waals surface area contributed by atoms with E-state index in [4.69, 9.17) is 8.83 Å². The smallest absolute Gasteiger partial charge is 0.195 e. The van der Waals surface area contributed by atoms with Gasteiger partial charge in [0.25, 0.3) is 0 Å². The predicted octanol–water partition coefficient (Wildman–Crippen LogP) is 11.5. The molecule has 0 fully saturated rings. The Bertz CT molecular complexity index is 2730. The van der Waals surface area contributed by atoms with E-state index in [1.165, 1.54) is 47.9 Å². The SMILES string of the molecule is CS(=O)(=O)c1ccc(-c2oc(CCCc3ccccc3)nc2-c2ccc(F)cc2)cc1.CS(=O)(=O)c1ccc(-c2oc(CCCc3ccccc3)nc2-c2ccc(F)cc2)cc1. The summed E-state index contributed by atoms with van der Waals surface area (Å²) in [6.45, 7) is 0. The zero-order chi connectivity index (χ0) is 43.7. The fourth-order valence-corrected chi connectivity index (χ4v) is 8.09. The van der Waals surface area contributed by atoms with Crippen molar-refractivity contribution < 1.29 is 34.5 Å². The van der Waals surface area contributed by atoms with E-state index in [-0.39, 0.29) is 21.4 Å². The number of aryl methyl sites for hydroxylation is 4. The van der Waals surface area contributed by atoms with E-state index in [1.807, 2.05) is 36.4 Å². The second-order valence-corrected chi connectivity index (χ2v) is 18.9. The largest absolute Gasteiger partial charge is 0.440 e. The van der Waals surface area contributed by atoms with Gasteiger partial charge >= 0.3 is 0 Å². The van der Waals surface area contributed by atoms with Crippen LogP contribution in [0.4, 0.5) is 8.78 Å². The van der Waals surface area contributed by atoms with Gasteiger partial charge in [0.1, 0.15) is 23.0 Å². The van der Waals surface area contributed by atoms with Crippen molar-refractivity contribution in [3.05, 3.63) is 192 Å². The third kappa shape index (κ3) is 11.4. The molecule has 0 atom stereocenters. The average molecular weight is 871 g/mol. The maximum atomic E-state index is 13.4. The van der Waals surface area contributed by atoms with Crippen molar-refractivity contribution in [2.45, 2.75) is 48.3 Å². The molecule has 2 heterocycles. The van der Waals surface area contributed by atoms with E-state index in [1.54, 1.807) is 72.8 Å². The summed E-state index contributed by atoms with van der Waals surface area (Å²) < 4.78 is 86.1. The van der Waals surface area contributed by atoms with E-state index in [0.717, 1.165) is 36.8 Å². The molecule has 0 aliphatic heterocycles. The van der Waals surface area contributed by atoms with Gasteiger partial charge in [-0.2, -0.15) is 0 Å². The van der Waals surface area contributed by atoms with Gasteiger partial charge in [0.15, 0.2) is 43.0 Å². The first kappa shape index (κ1) is 43.6. The predicted molar refractivity (Wildman–Crippen MR) is 238 cm³/mol. The fraction of sp³-hybridized carbons (Fsp3) is 0.160. The molecule has 0 radical (unpaired) electrons. The number of rotatable bonds is 14. The molecule has 0 aliphatic carbocycles. The van der Waals surface area contributed by atoms with E-state index >= 15 is 0 Å². The Morgan fingerprint density at radius 3 is 1.06 bits per heavy atom. The molecule has 0 spiro atoms. The highest BCUT2D eigenvalue weighted by molar-refractivity contribution is 7.91. The Balaban J connectivity index is 0.000000186. The van der Waals surface area contributed by atoms with Crippen LogP contribution in [0.25, 0.3) is 45.2 Å². The highest BCUT2D eigenvalue weighted by Gasteiger charge is 2.20. The van der Waals surface area contributed by atoms with Gasteiger partial charge in [0.2, 0.25) is 0 Å². The van der Waals surface area contributed by atoms with Gasteiger partial charge in [-0.05, 0) is 134 Å². The van der Waals surface area contributed by atoms with Crippen molar-refractivity contribution >= 4 is 19.7 Å². The van der Waals surface area contributed by atoms with Crippen LogP contribution in [0.3, 0.4) is 0 Å². The van der Waals surface area contributed by atoms with Crippen LogP contribution in [-0.4, -0.2) is 39.3 Å². The summed E-state index contributed by atoms with van der Waals surface area (Å²) in [5, 5.41) is 0. The number of sulfone groups is 2. The second-order valence-electron chi connectivity index (χ2n) is 14.9. The minimum absolute atomic E-state index is 0.238. The Labute approximate surface area is 360 Å². The molecular formula is C50H44F2N2O6S2. The molecular weight excluding hydrogens is 827 g/mol. The Morgan fingerprint density at radius 2 is 0.742 bits per heavy atom. The molecule has 62 heavy (non-hydrogen) atoms. The average Bonchev–Trinajstić information content (AvgIpc) is 3.90. The lowest BCUT2D eigenvalue weighted by atomic mass is 10.1. The van der Waals surface area contributed by atoms with Gasteiger partial charge in [-0.15, -0.1) is 0 Å². The van der Waals surface area contributed by atoms with E-state index in [0.29, 0.717) is 58.7 Å². The second kappa shape index (κ2) is 19.5. The molecule has 6 aromatic carbocycles. The van der Waals surface area contributed by atoms with Gasteiger partial charge in [0.05, 0.1) is 9.79 Å². The summed E-state index contributed by atoms with van der Waals surface area (Å²) in [5.74, 6) is 1.63. The van der Waals surface area contributed by atoms with Crippen LogP contribution in [0, 0.1) is 11.6 Å². The lowest BCUT2D eigenvalue weighted by molar-refractivity contribution is 0.498. The molecule has 0 amide bonds. The summed E-state index contributed by atoms with van der Waals surface area (Å²) in [6.07, 6.45) is 7.23. The van der Waals surface area contributed by atoms with Crippen molar-refractivity contribution in [2.24, 2.45) is 0 Å². The zero-order valence-electron chi connectivity index (χ0n) is 34.2. The van der Waals surface area contributed by atoms with Crippen molar-refractivity contribution in [3.63, 3.8) is 0 Å². The quantitative estimate of drug-likeness (QED) is 0.106. The van der Waals surface area contributed by atoms with Gasteiger partial charge in [0, 0.05) is 47.6 Å². The number of hydrogen-bond donors (Lipinski definition) is 0. The third-order valence-corrected chi connectivity index (χ3v) is 12.3. The van der Waals surface area contributed by atoms with Gasteiger partial charge in [-0.3, -0.25) is 0 Å². The first-order chi connectivity index (χ1) is 29.8. The fourth-order valence-electron chi connectivity index (χ4n) is 6.82. The van der Waals surface area contributed by atoms with E-state index < -0.39 is 19.7 Å². The highest BCUT2D eigenvalue weighted by Crippen LogP contribution is 2.35. The Kier molecular flexibility index (Phi) is 13.7. The number of halogens is 2. The molecule has 0 aliphatic rings. The summed E-state index contributed by atoms with van der Waals surface area (Å²) in [4.78, 5) is 9.84. The molecule has 2 aromatic heterocycles. The topological polar surface area (TPSA) is 120 Å². The number of hydrogen-bond acceptors (Lipinski definition) is 8. The van der Waals surface area contributed by atoms with Crippen LogP contribution in [0.1, 0.15) is 35.7 Å². The Hall–Kier alpha value is -6.50. The van der Waals surface area contributed by atoms with Crippen LogP contribution < -0.4 is 0 Å². The number of nitrogens with zero attached hydrogens (tertiary/aromatic N) is 2. The maximum Gasteiger partial charge on any atom is 0.195 e. The van der Waals surface area contributed by atoms with Gasteiger partial charge in [-0.1, -0.05) is 60.7 Å². The summed E-state index contributed by atoms with van der Waals surface area (Å²) in [5.41, 5.74) is 6.64. The van der Waals surface area contributed by atoms with Crippen LogP contribution in [-0.2, 0) is 45.4 Å². The first-order valence-electron chi connectivity index (χ1n) is 20.0. The van der Waals surface area contributed by atoms with Crippen molar-refractivity contribution in [1.29, 1.82) is 0 Å². The zero-order valence-corrected chi connectivity index (χ0v) is 35.8. The van der Waals surface area contributed by atoms with Crippen molar-refractivity contribution in [2.75, 3.05) is 12.5 Å². The summed E-state index contributed by atoms with van der Waals surface area (Å²) in [6, 6.07) is 45.7. The standard InChI is InChI=1S/2C25H22FNO3S/c2*1-31(28,29)22-16-12-20(13-17-22)25-24(19-10-14-21(26)15-11-19)27-23(30-25)9-5-8-18-6-3-2-4-7-18/h2*2-4,6-7,10-17H,5,8-9H2,1H3. The third-order valence-electron chi connectivity index (χ3n) is 10.1. The molecule has 12 heteroatoms. The minimum Gasteiger partial charge on any atom is -0.440 e. The maximum absolute atomic E-state index is 13.4. The number of oxazole rings is 2. The summed E-state index contributed by atoms with van der Waals surface area (Å²) in [7, 11) is -6.58. The first-order valence-corrected chi connectivity index (χ1v) is 23.8. The molecule has 316 valence electrons. The molecule has 8 aromatic rings. The molecule has 0 saturated heterocycles. The molecule has 0 bridgehead atoms. The van der Waals surface area contributed by atoms with Gasteiger partial charge < -0.3 is 8.83 Å². The van der Waals surface area contributed by atoms with Crippen LogP contribution in [0.15, 0.2) is 176 Å². The molecule has 0 saturated carbocycles. The molecule has 0 unspecified atom stereocenters. The van der Waals surface area contributed by atoms with Gasteiger partial charge in [-0.25, -0.2) is 35.6 Å². The monoisotopic (exact) mass is 870 g/mol. The molecule has 8 rings (SSSR count). The van der Waals surface area contributed by atoms with E-state index in [9.17, 15) is 25.6 Å². The van der Waals surface area contributed by atoms with E-state index in [2.05, 4.69) is 34.2 Å². The minimum atomic E-state index is -3.29. The molecule has 0 N–H and O–H groups in total. The lowest BCUT2D eigenvalue weighted by Gasteiger charge is -2.03. The van der Waals surface area contributed by atoms with Crippen molar-refractivity contribution in [3.8, 4) is 45.2 Å². The summed E-state index contributed by atoms with van der Waals surface area (Å²) >= 11 is 0. The van der Waals surface area contributed by atoms with Crippen molar-refractivity contribution in [1.82, 2.24) is 9.97 Å². The normalized spacial score (nSPS) is 11.5. The molecule has 8 nitrogen and oxygen atoms in total.